The Morgan fingerprint density at radius 3 is 2.27 bits per heavy atom. The van der Waals surface area contributed by atoms with Crippen LogP contribution in [-0.2, 0) is 38.1 Å². The van der Waals surface area contributed by atoms with E-state index in [0.29, 0.717) is 6.61 Å². The van der Waals surface area contributed by atoms with Gasteiger partial charge in [0.15, 0.2) is 5.78 Å². The summed E-state index contributed by atoms with van der Waals surface area (Å²) in [5, 5.41) is 65.9. The molecule has 2 saturated heterocycles. The lowest BCUT2D eigenvalue weighted by atomic mass is 9.88. The number of aliphatic carboxylic acids is 1. The first-order chi connectivity index (χ1) is 18.8. The lowest BCUT2D eigenvalue weighted by Gasteiger charge is -2.47. The second kappa shape index (κ2) is 15.1. The topological polar surface area (TPSA) is 251 Å². The number of carbonyl (C=O) groups is 4. The summed E-state index contributed by atoms with van der Waals surface area (Å²) >= 11 is 0. The molecule has 5 unspecified atom stereocenters. The SMILES string of the molecule is CCCOCC[C@H]1O[C@H](COC2(C(=O)O)CC(O)C(NC(C)=O)C([C@H](O)[C@H](O)CO)O2)C(=O)C(O)[C@H]1NC(C)=O. The summed E-state index contributed by atoms with van der Waals surface area (Å²) < 4.78 is 22.2. The Morgan fingerprint density at radius 2 is 1.73 bits per heavy atom. The second-order valence-electron chi connectivity index (χ2n) is 9.83. The van der Waals surface area contributed by atoms with Crippen LogP contribution in [0.5, 0.6) is 0 Å². The van der Waals surface area contributed by atoms with E-state index < -0.39 is 104 Å². The summed E-state index contributed by atoms with van der Waals surface area (Å²) in [5.74, 6) is -6.56. The molecule has 0 aliphatic carbocycles. The van der Waals surface area contributed by atoms with Crippen LogP contribution in [0.4, 0.5) is 0 Å². The molecule has 0 aromatic carbocycles. The zero-order valence-corrected chi connectivity index (χ0v) is 22.6. The number of rotatable bonds is 14. The molecule has 0 spiro atoms. The number of carboxylic acids is 1. The van der Waals surface area contributed by atoms with Gasteiger partial charge < -0.3 is 60.2 Å². The molecule has 2 rings (SSSR count). The number of amides is 2. The highest BCUT2D eigenvalue weighted by Gasteiger charge is 2.56. The van der Waals surface area contributed by atoms with Gasteiger partial charge in [0.25, 0.3) is 5.79 Å². The molecule has 2 amide bonds. The Bertz CT molecular complexity index is 890. The van der Waals surface area contributed by atoms with E-state index in [1.54, 1.807) is 0 Å². The summed E-state index contributed by atoms with van der Waals surface area (Å²) in [6.07, 6.45) is -11.3. The maximum atomic E-state index is 12.9. The minimum Gasteiger partial charge on any atom is -0.477 e. The Balaban J connectivity index is 2.28. The standard InChI is InChI=1S/C24H40N2O14/c1-4-6-37-7-5-15-18(26-12(3)29)21(34)20(33)16(39-15)10-38-24(23(35)36)8-13(30)17(25-11(2)28)22(40-24)19(32)14(31)9-27/h13-19,21-22,27,30-32,34H,4-10H2,1-3H3,(H,25,28)(H,26,29)(H,35,36)/t13?,14-,15-,16-,17?,18+,19-,21?,22?,24?/m1/s1. The first kappa shape index (κ1) is 33.9. The average Bonchev–Trinajstić information content (AvgIpc) is 2.89. The summed E-state index contributed by atoms with van der Waals surface area (Å²) in [6.45, 7) is 3.09. The molecule has 8 N–H and O–H groups in total. The summed E-state index contributed by atoms with van der Waals surface area (Å²) in [5.41, 5.74) is 0. The zero-order valence-electron chi connectivity index (χ0n) is 22.6. The molecule has 40 heavy (non-hydrogen) atoms. The number of hydrogen-bond acceptors (Lipinski definition) is 13. The normalized spacial score (nSPS) is 34.1. The Hall–Kier alpha value is -2.28. The first-order valence-corrected chi connectivity index (χ1v) is 13.0. The number of ketones is 1. The molecule has 2 aliphatic heterocycles. The van der Waals surface area contributed by atoms with Gasteiger partial charge in [0.1, 0.15) is 30.5 Å². The predicted octanol–water partition coefficient (Wildman–Crippen LogP) is -3.83. The third-order valence-electron chi connectivity index (χ3n) is 6.61. The van der Waals surface area contributed by atoms with E-state index in [1.807, 2.05) is 6.92 Å². The second-order valence-corrected chi connectivity index (χ2v) is 9.83. The number of aliphatic hydroxyl groups is 5. The maximum absolute atomic E-state index is 12.9. The van der Waals surface area contributed by atoms with Crippen LogP contribution in [0.1, 0.15) is 40.0 Å². The molecule has 2 fully saturated rings. The van der Waals surface area contributed by atoms with Gasteiger partial charge in [0, 0.05) is 33.5 Å². The van der Waals surface area contributed by atoms with Crippen molar-refractivity contribution in [1.82, 2.24) is 10.6 Å². The smallest absolute Gasteiger partial charge is 0.364 e. The van der Waals surface area contributed by atoms with Crippen LogP contribution < -0.4 is 10.6 Å². The van der Waals surface area contributed by atoms with Crippen LogP contribution >= 0.6 is 0 Å². The van der Waals surface area contributed by atoms with Crippen molar-refractivity contribution >= 4 is 23.6 Å². The fourth-order valence-electron chi connectivity index (χ4n) is 4.64. The van der Waals surface area contributed by atoms with Crippen LogP contribution in [0.15, 0.2) is 0 Å². The first-order valence-electron chi connectivity index (χ1n) is 13.0. The highest BCUT2D eigenvalue weighted by atomic mass is 16.7. The van der Waals surface area contributed by atoms with E-state index >= 15 is 0 Å². The Labute approximate surface area is 230 Å². The van der Waals surface area contributed by atoms with Gasteiger partial charge in [0.2, 0.25) is 11.8 Å². The number of hydrogen-bond donors (Lipinski definition) is 8. The van der Waals surface area contributed by atoms with Gasteiger partial charge in [-0.2, -0.15) is 0 Å². The van der Waals surface area contributed by atoms with Gasteiger partial charge in [0.05, 0.1) is 37.5 Å². The summed E-state index contributed by atoms with van der Waals surface area (Å²) in [4.78, 5) is 48.6. The minimum absolute atomic E-state index is 0.163. The monoisotopic (exact) mass is 580 g/mol. The van der Waals surface area contributed by atoms with Gasteiger partial charge in [-0.3, -0.25) is 14.4 Å². The molecule has 0 aromatic rings. The zero-order chi connectivity index (χ0) is 30.2. The third-order valence-corrected chi connectivity index (χ3v) is 6.61. The van der Waals surface area contributed by atoms with Crippen molar-refractivity contribution in [2.24, 2.45) is 0 Å². The molecule has 230 valence electrons. The van der Waals surface area contributed by atoms with Crippen molar-refractivity contribution in [2.75, 3.05) is 26.4 Å². The number of Topliss-reactive ketones (excluding diaryl/α,β-unsaturated/α-hetero) is 1. The molecule has 2 aliphatic rings. The van der Waals surface area contributed by atoms with E-state index in [4.69, 9.17) is 18.9 Å². The van der Waals surface area contributed by atoms with E-state index in [-0.39, 0.29) is 13.0 Å². The minimum atomic E-state index is -2.70. The fraction of sp³-hybridized carbons (Fsp3) is 0.833. The van der Waals surface area contributed by atoms with Crippen molar-refractivity contribution in [3.8, 4) is 0 Å². The number of carboxylic acid groups (broad SMARTS) is 1. The molecule has 0 saturated carbocycles. The van der Waals surface area contributed by atoms with Crippen molar-refractivity contribution < 1.29 is 68.8 Å². The van der Waals surface area contributed by atoms with Crippen LogP contribution in [0.3, 0.4) is 0 Å². The van der Waals surface area contributed by atoms with E-state index in [1.165, 1.54) is 6.92 Å². The fourth-order valence-corrected chi connectivity index (χ4v) is 4.64. The van der Waals surface area contributed by atoms with Crippen LogP contribution in [0.25, 0.3) is 0 Å². The molecular weight excluding hydrogens is 540 g/mol. The summed E-state index contributed by atoms with van der Waals surface area (Å²) in [6, 6.07) is -2.50. The molecule has 0 aromatic heterocycles. The predicted molar refractivity (Wildman–Crippen MR) is 132 cm³/mol. The molecule has 0 bridgehead atoms. The van der Waals surface area contributed by atoms with E-state index in [9.17, 15) is 49.8 Å². The maximum Gasteiger partial charge on any atom is 0.364 e. The van der Waals surface area contributed by atoms with Crippen molar-refractivity contribution in [3.05, 3.63) is 0 Å². The van der Waals surface area contributed by atoms with E-state index in [0.717, 1.165) is 13.3 Å². The molecule has 10 atom stereocenters. The van der Waals surface area contributed by atoms with Gasteiger partial charge >= 0.3 is 5.97 Å². The van der Waals surface area contributed by atoms with Gasteiger partial charge in [-0.05, 0) is 12.8 Å². The lowest BCUT2D eigenvalue weighted by Crippen LogP contribution is -2.68. The van der Waals surface area contributed by atoms with Crippen LogP contribution in [-0.4, -0.2) is 141 Å². The van der Waals surface area contributed by atoms with Gasteiger partial charge in [-0.15, -0.1) is 0 Å². The number of aliphatic hydroxyl groups excluding tert-OH is 5. The molecular formula is C24H40N2O14. The Kier molecular flexibility index (Phi) is 12.8. The number of ether oxygens (including phenoxy) is 4. The van der Waals surface area contributed by atoms with Crippen molar-refractivity contribution in [3.63, 3.8) is 0 Å². The Morgan fingerprint density at radius 1 is 1.10 bits per heavy atom. The molecule has 16 nitrogen and oxygen atoms in total. The van der Waals surface area contributed by atoms with Gasteiger partial charge in [-0.25, -0.2) is 4.79 Å². The third kappa shape index (κ3) is 8.37. The van der Waals surface area contributed by atoms with Crippen molar-refractivity contribution in [2.45, 2.75) is 101 Å². The molecule has 2 heterocycles. The number of carbonyl (C=O) groups excluding carboxylic acids is 3. The van der Waals surface area contributed by atoms with E-state index in [2.05, 4.69) is 10.6 Å². The largest absolute Gasteiger partial charge is 0.477 e. The van der Waals surface area contributed by atoms with Crippen LogP contribution in [0.2, 0.25) is 0 Å². The summed E-state index contributed by atoms with van der Waals surface area (Å²) in [7, 11) is 0. The number of nitrogens with one attached hydrogen (secondary N) is 2. The average molecular weight is 581 g/mol. The van der Waals surface area contributed by atoms with Gasteiger partial charge in [-0.1, -0.05) is 6.92 Å². The highest BCUT2D eigenvalue weighted by Crippen LogP contribution is 2.34. The quantitative estimate of drug-likeness (QED) is 0.0917. The molecule has 0 radical (unpaired) electrons. The van der Waals surface area contributed by atoms with Crippen LogP contribution in [0, 0.1) is 0 Å². The lowest BCUT2D eigenvalue weighted by molar-refractivity contribution is -0.316. The molecule has 16 heteroatoms. The highest BCUT2D eigenvalue weighted by molar-refractivity contribution is 5.89. The van der Waals surface area contributed by atoms with Crippen molar-refractivity contribution in [1.29, 1.82) is 0 Å².